The number of nitrogens with zero attached hydrogens (tertiary/aromatic N) is 1. The molecular formula is C17H26BrClN4O2. The first kappa shape index (κ1) is 21.7. The van der Waals surface area contributed by atoms with Crippen LogP contribution in [0.25, 0.3) is 0 Å². The topological polar surface area (TPSA) is 73.5 Å². The van der Waals surface area contributed by atoms with Gasteiger partial charge in [0.2, 0.25) is 5.91 Å². The van der Waals surface area contributed by atoms with E-state index in [2.05, 4.69) is 31.9 Å². The van der Waals surface area contributed by atoms with Crippen LogP contribution in [0.2, 0.25) is 0 Å². The lowest BCUT2D eigenvalue weighted by Gasteiger charge is -2.25. The molecule has 3 amide bonds. The molecule has 1 saturated heterocycles. The predicted molar refractivity (Wildman–Crippen MR) is 105 cm³/mol. The van der Waals surface area contributed by atoms with Crippen LogP contribution in [-0.4, -0.2) is 49.1 Å². The molecule has 25 heavy (non-hydrogen) atoms. The van der Waals surface area contributed by atoms with E-state index in [1.165, 1.54) is 0 Å². The molecule has 0 aromatic heterocycles. The third-order valence-corrected chi connectivity index (χ3v) is 4.72. The van der Waals surface area contributed by atoms with Crippen molar-refractivity contribution in [1.29, 1.82) is 0 Å². The van der Waals surface area contributed by atoms with Crippen molar-refractivity contribution in [2.75, 3.05) is 20.1 Å². The van der Waals surface area contributed by atoms with Gasteiger partial charge in [-0.05, 0) is 44.5 Å². The van der Waals surface area contributed by atoms with Gasteiger partial charge >= 0.3 is 6.03 Å². The highest BCUT2D eigenvalue weighted by molar-refractivity contribution is 9.10. The highest BCUT2D eigenvalue weighted by Crippen LogP contribution is 2.18. The van der Waals surface area contributed by atoms with E-state index in [4.69, 9.17) is 0 Å². The van der Waals surface area contributed by atoms with E-state index < -0.39 is 0 Å². The number of benzene rings is 1. The van der Waals surface area contributed by atoms with Crippen LogP contribution in [0.3, 0.4) is 0 Å². The molecule has 6 nitrogen and oxygen atoms in total. The first-order valence-corrected chi connectivity index (χ1v) is 9.04. The summed E-state index contributed by atoms with van der Waals surface area (Å²) in [7, 11) is 1.86. The lowest BCUT2D eigenvalue weighted by molar-refractivity contribution is -0.124. The summed E-state index contributed by atoms with van der Waals surface area (Å²) in [5.41, 5.74) is 1.01. The molecule has 2 atom stereocenters. The van der Waals surface area contributed by atoms with Gasteiger partial charge in [0.1, 0.15) is 6.04 Å². The maximum Gasteiger partial charge on any atom is 0.318 e. The monoisotopic (exact) mass is 432 g/mol. The average Bonchev–Trinajstić information content (AvgIpc) is 3.07. The second kappa shape index (κ2) is 10.6. The first-order chi connectivity index (χ1) is 11.5. The maximum atomic E-state index is 12.4. The summed E-state index contributed by atoms with van der Waals surface area (Å²) in [4.78, 5) is 26.4. The van der Waals surface area contributed by atoms with Crippen molar-refractivity contribution in [1.82, 2.24) is 20.9 Å². The zero-order valence-corrected chi connectivity index (χ0v) is 17.0. The number of amides is 3. The highest BCUT2D eigenvalue weighted by Gasteiger charge is 2.33. The second-order valence-electron chi connectivity index (χ2n) is 6.07. The molecule has 1 aliphatic rings. The molecule has 1 heterocycles. The molecule has 1 aromatic rings. The van der Waals surface area contributed by atoms with E-state index in [9.17, 15) is 9.59 Å². The molecule has 0 spiro atoms. The summed E-state index contributed by atoms with van der Waals surface area (Å²) in [6.45, 7) is 3.61. The number of urea groups is 1. The molecule has 1 unspecified atom stereocenters. The largest absolute Gasteiger partial charge is 0.353 e. The Kier molecular flexibility index (Phi) is 9.24. The minimum Gasteiger partial charge on any atom is -0.353 e. The lowest BCUT2D eigenvalue weighted by Crippen LogP contribution is -2.50. The molecule has 8 heteroatoms. The molecule has 1 fully saturated rings. The molecule has 1 aliphatic heterocycles. The Morgan fingerprint density at radius 3 is 2.80 bits per heavy atom. The third-order valence-electron chi connectivity index (χ3n) is 4.22. The van der Waals surface area contributed by atoms with Crippen molar-refractivity contribution in [3.63, 3.8) is 0 Å². The molecule has 3 N–H and O–H groups in total. The summed E-state index contributed by atoms with van der Waals surface area (Å²) in [6, 6.07) is 7.44. The molecule has 1 aromatic carbocycles. The Bertz CT molecular complexity index is 588. The van der Waals surface area contributed by atoms with Gasteiger partial charge in [-0.1, -0.05) is 28.1 Å². The first-order valence-electron chi connectivity index (χ1n) is 8.25. The summed E-state index contributed by atoms with van der Waals surface area (Å²) >= 11 is 3.42. The van der Waals surface area contributed by atoms with Crippen molar-refractivity contribution in [3.8, 4) is 0 Å². The Balaban J connectivity index is 0.00000312. The zero-order chi connectivity index (χ0) is 17.5. The van der Waals surface area contributed by atoms with Crippen molar-refractivity contribution >= 4 is 40.3 Å². The van der Waals surface area contributed by atoms with Gasteiger partial charge in [0, 0.05) is 30.1 Å². The van der Waals surface area contributed by atoms with Gasteiger partial charge in [-0.25, -0.2) is 4.79 Å². The maximum absolute atomic E-state index is 12.4. The molecule has 0 bridgehead atoms. The molecule has 0 aliphatic carbocycles. The van der Waals surface area contributed by atoms with Crippen LogP contribution in [-0.2, 0) is 11.3 Å². The number of likely N-dealkylation sites (tertiary alicyclic amines) is 1. The number of carbonyl (C=O) groups is 2. The normalized spacial score (nSPS) is 17.6. The standard InChI is InChI=1S/C17H25BrN4O2.ClH/c1-12(19-2)10-20-16(23)15-7-4-8-22(15)17(24)21-11-13-5-3-6-14(18)9-13;/h3,5-6,9,12,15,19H,4,7-8,10-11H2,1-2H3,(H,20,23)(H,21,24);1H/t12?,15-;/m0./s1. The van der Waals surface area contributed by atoms with Crippen LogP contribution >= 0.6 is 28.3 Å². The van der Waals surface area contributed by atoms with Crippen LogP contribution in [0.4, 0.5) is 4.79 Å². The minimum absolute atomic E-state index is 0. The van der Waals surface area contributed by atoms with Crippen LogP contribution in [0.15, 0.2) is 28.7 Å². The zero-order valence-electron chi connectivity index (χ0n) is 14.5. The number of carbonyl (C=O) groups excluding carboxylic acids is 2. The number of nitrogens with one attached hydrogen (secondary N) is 3. The van der Waals surface area contributed by atoms with E-state index in [0.717, 1.165) is 16.5 Å². The third kappa shape index (κ3) is 6.49. The van der Waals surface area contributed by atoms with Gasteiger partial charge in [0.05, 0.1) is 0 Å². The van der Waals surface area contributed by atoms with E-state index in [1.54, 1.807) is 4.90 Å². The van der Waals surface area contributed by atoms with E-state index in [0.29, 0.717) is 26.1 Å². The fourth-order valence-electron chi connectivity index (χ4n) is 2.68. The molecule has 0 saturated carbocycles. The molecule has 2 rings (SSSR count). The number of hydrogen-bond donors (Lipinski definition) is 3. The van der Waals surface area contributed by atoms with Gasteiger partial charge in [-0.15, -0.1) is 12.4 Å². The Morgan fingerprint density at radius 2 is 2.12 bits per heavy atom. The van der Waals surface area contributed by atoms with Crippen LogP contribution in [0.1, 0.15) is 25.3 Å². The van der Waals surface area contributed by atoms with Crippen LogP contribution in [0.5, 0.6) is 0 Å². The van der Waals surface area contributed by atoms with Crippen molar-refractivity contribution in [2.24, 2.45) is 0 Å². The number of hydrogen-bond acceptors (Lipinski definition) is 3. The summed E-state index contributed by atoms with van der Waals surface area (Å²) < 4.78 is 0.978. The second-order valence-corrected chi connectivity index (χ2v) is 6.99. The van der Waals surface area contributed by atoms with E-state index >= 15 is 0 Å². The van der Waals surface area contributed by atoms with Crippen LogP contribution in [0, 0.1) is 0 Å². The van der Waals surface area contributed by atoms with Gasteiger partial charge in [-0.3, -0.25) is 4.79 Å². The van der Waals surface area contributed by atoms with E-state index in [1.807, 2.05) is 38.2 Å². The van der Waals surface area contributed by atoms with Gasteiger partial charge in [0.15, 0.2) is 0 Å². The highest BCUT2D eigenvalue weighted by atomic mass is 79.9. The van der Waals surface area contributed by atoms with Crippen molar-refractivity contribution in [3.05, 3.63) is 34.3 Å². The lowest BCUT2D eigenvalue weighted by atomic mass is 10.2. The van der Waals surface area contributed by atoms with Gasteiger partial charge in [-0.2, -0.15) is 0 Å². The quantitative estimate of drug-likeness (QED) is 0.644. The smallest absolute Gasteiger partial charge is 0.318 e. The predicted octanol–water partition coefficient (Wildman–Crippen LogP) is 2.27. The number of rotatable bonds is 6. The SMILES string of the molecule is CNC(C)CNC(=O)[C@@H]1CCCN1C(=O)NCc1cccc(Br)c1.Cl. The number of likely N-dealkylation sites (N-methyl/N-ethyl adjacent to an activating group) is 1. The minimum atomic E-state index is -0.378. The fourth-order valence-corrected chi connectivity index (χ4v) is 3.13. The Hall–Kier alpha value is -1.31. The van der Waals surface area contributed by atoms with Crippen molar-refractivity contribution in [2.45, 2.75) is 38.4 Å². The van der Waals surface area contributed by atoms with Crippen LogP contribution < -0.4 is 16.0 Å². The van der Waals surface area contributed by atoms with Gasteiger partial charge in [0.25, 0.3) is 0 Å². The van der Waals surface area contributed by atoms with Crippen molar-refractivity contribution < 1.29 is 9.59 Å². The summed E-state index contributed by atoms with van der Waals surface area (Å²) in [5, 5.41) is 8.89. The molecule has 140 valence electrons. The summed E-state index contributed by atoms with van der Waals surface area (Å²) in [5.74, 6) is -0.0767. The molecule has 0 radical (unpaired) electrons. The Morgan fingerprint density at radius 1 is 1.36 bits per heavy atom. The fraction of sp³-hybridized carbons (Fsp3) is 0.529. The number of halogens is 2. The van der Waals surface area contributed by atoms with E-state index in [-0.39, 0.29) is 36.4 Å². The molecular weight excluding hydrogens is 408 g/mol. The van der Waals surface area contributed by atoms with Gasteiger partial charge < -0.3 is 20.9 Å². The Labute approximate surface area is 163 Å². The average molecular weight is 434 g/mol. The summed E-state index contributed by atoms with van der Waals surface area (Å²) in [6.07, 6.45) is 1.56.